The summed E-state index contributed by atoms with van der Waals surface area (Å²) >= 11 is 5.94. The average molecular weight is 457 g/mol. The predicted molar refractivity (Wildman–Crippen MR) is 120 cm³/mol. The molecule has 1 N–H and O–H groups in total. The van der Waals surface area contributed by atoms with Gasteiger partial charge in [0, 0.05) is 36.3 Å². The molecule has 1 unspecified atom stereocenters. The van der Waals surface area contributed by atoms with Crippen molar-refractivity contribution in [2.24, 2.45) is 0 Å². The van der Waals surface area contributed by atoms with E-state index in [1.54, 1.807) is 12.1 Å². The molecule has 1 amide bonds. The van der Waals surface area contributed by atoms with E-state index in [0.717, 1.165) is 43.6 Å². The lowest BCUT2D eigenvalue weighted by Crippen LogP contribution is -2.46. The van der Waals surface area contributed by atoms with E-state index in [9.17, 15) is 9.18 Å². The minimum atomic E-state index is -0.513. The summed E-state index contributed by atoms with van der Waals surface area (Å²) in [7, 11) is 0. The van der Waals surface area contributed by atoms with Crippen molar-refractivity contribution in [2.75, 3.05) is 13.1 Å². The first kappa shape index (κ1) is 22.4. The van der Waals surface area contributed by atoms with E-state index in [0.29, 0.717) is 17.3 Å². The van der Waals surface area contributed by atoms with Crippen molar-refractivity contribution in [3.63, 3.8) is 0 Å². The number of hydrogen-bond acceptors (Lipinski definition) is 5. The van der Waals surface area contributed by atoms with E-state index in [1.807, 2.05) is 31.2 Å². The smallest absolute Gasteiger partial charge is 0.247 e. The van der Waals surface area contributed by atoms with Crippen molar-refractivity contribution in [3.05, 3.63) is 64.9 Å². The molecule has 4 rings (SSSR count). The first-order valence-electron chi connectivity index (χ1n) is 10.8. The highest BCUT2D eigenvalue weighted by molar-refractivity contribution is 6.30. The van der Waals surface area contributed by atoms with E-state index in [2.05, 4.69) is 25.6 Å². The Bertz CT molecular complexity index is 1030. The molecular formula is C23H26ClFN6O. The lowest BCUT2D eigenvalue weighted by molar-refractivity contribution is -0.126. The third-order valence-corrected chi connectivity index (χ3v) is 6.00. The van der Waals surface area contributed by atoms with Crippen LogP contribution in [0, 0.1) is 5.82 Å². The highest BCUT2D eigenvalue weighted by Gasteiger charge is 2.26. The SMILES string of the molecule is CCC(C(=O)NC1CCN(Cc2ccc(F)cc2)CC1)n1nnc(-c2ccc(Cl)cc2)n1. The number of likely N-dealkylation sites (tertiary alicyclic amines) is 1. The van der Waals surface area contributed by atoms with Crippen LogP contribution in [-0.4, -0.2) is 50.1 Å². The normalized spacial score (nSPS) is 16.1. The Hall–Kier alpha value is -2.84. The van der Waals surface area contributed by atoms with Crippen LogP contribution in [0.15, 0.2) is 48.5 Å². The van der Waals surface area contributed by atoms with Crippen LogP contribution in [-0.2, 0) is 11.3 Å². The highest BCUT2D eigenvalue weighted by Crippen LogP contribution is 2.19. The van der Waals surface area contributed by atoms with Crippen LogP contribution in [0.4, 0.5) is 4.39 Å². The van der Waals surface area contributed by atoms with Gasteiger partial charge in [0.15, 0.2) is 6.04 Å². The molecular weight excluding hydrogens is 431 g/mol. The Morgan fingerprint density at radius 2 is 1.84 bits per heavy atom. The molecule has 0 spiro atoms. The van der Waals surface area contributed by atoms with Crippen LogP contribution >= 0.6 is 11.6 Å². The third kappa shape index (κ3) is 5.49. The zero-order chi connectivity index (χ0) is 22.5. The second kappa shape index (κ2) is 10.2. The predicted octanol–water partition coefficient (Wildman–Crippen LogP) is 3.86. The molecule has 1 aliphatic rings. The second-order valence-electron chi connectivity index (χ2n) is 8.05. The van der Waals surface area contributed by atoms with Crippen molar-refractivity contribution in [1.82, 2.24) is 30.4 Å². The van der Waals surface area contributed by atoms with Crippen LogP contribution < -0.4 is 5.32 Å². The van der Waals surface area contributed by atoms with Crippen molar-refractivity contribution < 1.29 is 9.18 Å². The number of hydrogen-bond donors (Lipinski definition) is 1. The lowest BCUT2D eigenvalue weighted by atomic mass is 10.0. The molecule has 168 valence electrons. The summed E-state index contributed by atoms with van der Waals surface area (Å²) in [4.78, 5) is 16.6. The van der Waals surface area contributed by atoms with Gasteiger partial charge in [0.1, 0.15) is 5.82 Å². The molecule has 32 heavy (non-hydrogen) atoms. The molecule has 0 saturated carbocycles. The topological polar surface area (TPSA) is 75.9 Å². The Morgan fingerprint density at radius 3 is 2.50 bits per heavy atom. The van der Waals surface area contributed by atoms with E-state index in [1.165, 1.54) is 16.9 Å². The number of nitrogens with zero attached hydrogens (tertiary/aromatic N) is 5. The molecule has 0 bridgehead atoms. The molecule has 9 heteroatoms. The van der Waals surface area contributed by atoms with Crippen LogP contribution in [0.5, 0.6) is 0 Å². The van der Waals surface area contributed by atoms with Crippen LogP contribution in [0.25, 0.3) is 11.4 Å². The number of halogens is 2. The summed E-state index contributed by atoms with van der Waals surface area (Å²) in [6, 6.07) is 13.4. The minimum Gasteiger partial charge on any atom is -0.351 e. The summed E-state index contributed by atoms with van der Waals surface area (Å²) in [5.74, 6) is 0.148. The quantitative estimate of drug-likeness (QED) is 0.584. The van der Waals surface area contributed by atoms with Crippen LogP contribution in [0.2, 0.25) is 5.02 Å². The maximum absolute atomic E-state index is 13.1. The molecule has 0 radical (unpaired) electrons. The summed E-state index contributed by atoms with van der Waals surface area (Å²) in [5.41, 5.74) is 1.89. The van der Waals surface area contributed by atoms with Gasteiger partial charge < -0.3 is 5.32 Å². The minimum absolute atomic E-state index is 0.0930. The number of benzene rings is 2. The summed E-state index contributed by atoms with van der Waals surface area (Å²) in [6.07, 6.45) is 2.29. The number of rotatable bonds is 7. The summed E-state index contributed by atoms with van der Waals surface area (Å²) in [5, 5.41) is 16.4. The number of aromatic nitrogens is 4. The highest BCUT2D eigenvalue weighted by atomic mass is 35.5. The molecule has 2 aromatic carbocycles. The van der Waals surface area contributed by atoms with Crippen molar-refractivity contribution >= 4 is 17.5 Å². The van der Waals surface area contributed by atoms with Gasteiger partial charge >= 0.3 is 0 Å². The fraction of sp³-hybridized carbons (Fsp3) is 0.391. The fourth-order valence-electron chi connectivity index (χ4n) is 3.91. The Labute approximate surface area is 191 Å². The Morgan fingerprint density at radius 1 is 1.16 bits per heavy atom. The first-order valence-corrected chi connectivity index (χ1v) is 11.2. The molecule has 0 aliphatic carbocycles. The molecule has 1 saturated heterocycles. The molecule has 1 fully saturated rings. The monoisotopic (exact) mass is 456 g/mol. The maximum Gasteiger partial charge on any atom is 0.247 e. The summed E-state index contributed by atoms with van der Waals surface area (Å²) < 4.78 is 13.1. The van der Waals surface area contributed by atoms with E-state index in [4.69, 9.17) is 11.6 Å². The number of nitrogens with one attached hydrogen (secondary N) is 1. The van der Waals surface area contributed by atoms with Gasteiger partial charge in [-0.2, -0.15) is 4.80 Å². The number of piperidine rings is 1. The van der Waals surface area contributed by atoms with Crippen molar-refractivity contribution in [1.29, 1.82) is 0 Å². The largest absolute Gasteiger partial charge is 0.351 e. The molecule has 7 nitrogen and oxygen atoms in total. The first-order chi connectivity index (χ1) is 15.5. The molecule has 3 aromatic rings. The van der Waals surface area contributed by atoms with E-state index >= 15 is 0 Å². The number of carbonyl (C=O) groups excluding carboxylic acids is 1. The molecule has 2 heterocycles. The van der Waals surface area contributed by atoms with Gasteiger partial charge in [-0.05, 0) is 66.4 Å². The Kier molecular flexibility index (Phi) is 7.12. The number of carbonyl (C=O) groups is 1. The van der Waals surface area contributed by atoms with Crippen molar-refractivity contribution in [3.8, 4) is 11.4 Å². The van der Waals surface area contributed by atoms with E-state index in [-0.39, 0.29) is 17.8 Å². The standard InChI is InChI=1S/C23H26ClFN6O/c1-2-21(31-28-22(27-29-31)17-5-7-18(24)8-6-17)23(32)26-20-11-13-30(14-12-20)15-16-3-9-19(25)10-4-16/h3-10,20-21H,2,11-15H2,1H3,(H,26,32). The Balaban J connectivity index is 1.31. The van der Waals surface area contributed by atoms with Gasteiger partial charge in [-0.1, -0.05) is 30.7 Å². The van der Waals surface area contributed by atoms with Gasteiger partial charge in [0.2, 0.25) is 11.7 Å². The average Bonchev–Trinajstić information content (AvgIpc) is 3.27. The van der Waals surface area contributed by atoms with Gasteiger partial charge in [-0.15, -0.1) is 10.2 Å². The molecule has 1 aliphatic heterocycles. The number of amides is 1. The van der Waals surface area contributed by atoms with Gasteiger partial charge in [-0.25, -0.2) is 4.39 Å². The van der Waals surface area contributed by atoms with Gasteiger partial charge in [-0.3, -0.25) is 9.69 Å². The zero-order valence-electron chi connectivity index (χ0n) is 17.9. The van der Waals surface area contributed by atoms with Crippen LogP contribution in [0.3, 0.4) is 0 Å². The van der Waals surface area contributed by atoms with E-state index < -0.39 is 6.04 Å². The molecule has 1 atom stereocenters. The zero-order valence-corrected chi connectivity index (χ0v) is 18.7. The summed E-state index contributed by atoms with van der Waals surface area (Å²) in [6.45, 7) is 4.47. The third-order valence-electron chi connectivity index (χ3n) is 5.75. The second-order valence-corrected chi connectivity index (χ2v) is 8.49. The fourth-order valence-corrected chi connectivity index (χ4v) is 4.03. The lowest BCUT2D eigenvalue weighted by Gasteiger charge is -2.33. The van der Waals surface area contributed by atoms with Crippen molar-refractivity contribution in [2.45, 2.75) is 44.8 Å². The van der Waals surface area contributed by atoms with Gasteiger partial charge in [0.25, 0.3) is 0 Å². The maximum atomic E-state index is 13.1. The van der Waals surface area contributed by atoms with Gasteiger partial charge in [0.05, 0.1) is 0 Å². The molecule has 1 aromatic heterocycles. The van der Waals surface area contributed by atoms with Crippen LogP contribution in [0.1, 0.15) is 37.8 Å². The number of tetrazole rings is 1.